The lowest BCUT2D eigenvalue weighted by atomic mass is 10.3. The van der Waals surface area contributed by atoms with Gasteiger partial charge in [0.05, 0.1) is 11.9 Å². The van der Waals surface area contributed by atoms with Crippen LogP contribution in [0.2, 0.25) is 0 Å². The summed E-state index contributed by atoms with van der Waals surface area (Å²) in [7, 11) is 0. The predicted molar refractivity (Wildman–Crippen MR) is 72.3 cm³/mol. The second-order valence-electron chi connectivity index (χ2n) is 4.58. The molecule has 1 aromatic rings. The van der Waals surface area contributed by atoms with Gasteiger partial charge in [-0.05, 0) is 41.1 Å². The van der Waals surface area contributed by atoms with Crippen molar-refractivity contribution in [2.45, 2.75) is 39.2 Å². The number of aryl methyl sites for hydroxylation is 1. The van der Waals surface area contributed by atoms with Crippen molar-refractivity contribution in [3.63, 3.8) is 0 Å². The van der Waals surface area contributed by atoms with Crippen LogP contribution in [-0.4, -0.2) is 16.3 Å². The van der Waals surface area contributed by atoms with E-state index in [1.54, 1.807) is 6.20 Å². The van der Waals surface area contributed by atoms with E-state index in [0.717, 1.165) is 31.0 Å². The summed E-state index contributed by atoms with van der Waals surface area (Å²) in [5, 5.41) is 7.46. The van der Waals surface area contributed by atoms with E-state index in [1.165, 1.54) is 17.5 Å². The third kappa shape index (κ3) is 3.31. The Morgan fingerprint density at radius 2 is 2.35 bits per heavy atom. The molecule has 0 spiro atoms. The molecule has 0 unspecified atom stereocenters. The molecule has 1 aromatic heterocycles. The second kappa shape index (κ2) is 5.67. The number of nitrogens with zero attached hydrogens (tertiary/aromatic N) is 2. The van der Waals surface area contributed by atoms with Gasteiger partial charge in [0.2, 0.25) is 0 Å². The number of halogens is 1. The highest BCUT2D eigenvalue weighted by molar-refractivity contribution is 9.10. The summed E-state index contributed by atoms with van der Waals surface area (Å²) in [5.41, 5.74) is 0.772. The third-order valence-electron chi connectivity index (χ3n) is 2.99. The minimum absolute atomic E-state index is 0.0424. The maximum atomic E-state index is 12.0. The van der Waals surface area contributed by atoms with Crippen LogP contribution in [0, 0.1) is 5.92 Å². The molecule has 5 heteroatoms. The molecule has 17 heavy (non-hydrogen) atoms. The van der Waals surface area contributed by atoms with E-state index in [-0.39, 0.29) is 5.56 Å². The molecule has 1 aliphatic carbocycles. The molecule has 1 saturated carbocycles. The Kier molecular flexibility index (Phi) is 4.20. The van der Waals surface area contributed by atoms with E-state index < -0.39 is 0 Å². The minimum atomic E-state index is -0.0424. The third-order valence-corrected chi connectivity index (χ3v) is 3.75. The van der Waals surface area contributed by atoms with Crippen molar-refractivity contribution < 1.29 is 0 Å². The molecular weight excluding hydrogens is 282 g/mol. The lowest BCUT2D eigenvalue weighted by Crippen LogP contribution is -2.24. The molecule has 0 radical (unpaired) electrons. The molecule has 0 aromatic carbocycles. The number of aromatic nitrogens is 2. The number of nitrogens with one attached hydrogen (secondary N) is 1. The van der Waals surface area contributed by atoms with Crippen LogP contribution in [-0.2, 0) is 6.54 Å². The predicted octanol–water partition coefficient (Wildman–Crippen LogP) is 2.63. The first kappa shape index (κ1) is 12.6. The molecule has 0 atom stereocenters. The molecule has 1 fully saturated rings. The number of hydrogen-bond acceptors (Lipinski definition) is 3. The van der Waals surface area contributed by atoms with Crippen LogP contribution in [0.25, 0.3) is 0 Å². The fraction of sp³-hybridized carbons (Fsp3) is 0.667. The van der Waals surface area contributed by atoms with E-state index in [0.29, 0.717) is 11.0 Å². The van der Waals surface area contributed by atoms with Crippen molar-refractivity contribution in [3.05, 3.63) is 21.0 Å². The summed E-state index contributed by atoms with van der Waals surface area (Å²) in [6.07, 6.45) is 6.38. The summed E-state index contributed by atoms with van der Waals surface area (Å²) in [6, 6.07) is 0. The van der Waals surface area contributed by atoms with Crippen molar-refractivity contribution in [2.24, 2.45) is 5.92 Å². The maximum absolute atomic E-state index is 12.0. The molecule has 0 saturated heterocycles. The molecule has 1 aliphatic rings. The topological polar surface area (TPSA) is 46.9 Å². The van der Waals surface area contributed by atoms with Gasteiger partial charge in [0, 0.05) is 13.1 Å². The van der Waals surface area contributed by atoms with Crippen LogP contribution >= 0.6 is 15.9 Å². The van der Waals surface area contributed by atoms with Gasteiger partial charge in [-0.1, -0.05) is 13.3 Å². The Hall–Kier alpha value is -0.840. The van der Waals surface area contributed by atoms with Crippen LogP contribution < -0.4 is 10.9 Å². The normalized spacial score (nSPS) is 14.9. The van der Waals surface area contributed by atoms with Crippen LogP contribution in [0.1, 0.15) is 32.6 Å². The lowest BCUT2D eigenvalue weighted by molar-refractivity contribution is 0.541. The van der Waals surface area contributed by atoms with Gasteiger partial charge < -0.3 is 5.32 Å². The highest BCUT2D eigenvalue weighted by Crippen LogP contribution is 2.29. The van der Waals surface area contributed by atoms with Gasteiger partial charge in [0.1, 0.15) is 4.47 Å². The number of anilines is 1. The minimum Gasteiger partial charge on any atom is -0.382 e. The number of hydrogen-bond donors (Lipinski definition) is 1. The quantitative estimate of drug-likeness (QED) is 0.878. The van der Waals surface area contributed by atoms with Gasteiger partial charge in [-0.2, -0.15) is 5.10 Å². The standard InChI is InChI=1S/C12H18BrN3O/c1-2-3-6-16-12(17)11(13)10(8-15-16)14-7-9-4-5-9/h8-9,14H,2-7H2,1H3. The van der Waals surface area contributed by atoms with Crippen LogP contribution in [0.3, 0.4) is 0 Å². The first-order chi connectivity index (χ1) is 8.22. The van der Waals surface area contributed by atoms with Crippen molar-refractivity contribution in [3.8, 4) is 0 Å². The van der Waals surface area contributed by atoms with Gasteiger partial charge in [-0.15, -0.1) is 0 Å². The zero-order chi connectivity index (χ0) is 12.3. The summed E-state index contributed by atoms with van der Waals surface area (Å²) >= 11 is 3.36. The van der Waals surface area contributed by atoms with Crippen LogP contribution in [0.4, 0.5) is 5.69 Å². The van der Waals surface area contributed by atoms with Crippen molar-refractivity contribution in [1.29, 1.82) is 0 Å². The SMILES string of the molecule is CCCCn1ncc(NCC2CC2)c(Br)c1=O. The highest BCUT2D eigenvalue weighted by Gasteiger charge is 2.21. The first-order valence-electron chi connectivity index (χ1n) is 6.22. The maximum Gasteiger partial charge on any atom is 0.283 e. The smallest absolute Gasteiger partial charge is 0.283 e. The summed E-state index contributed by atoms with van der Waals surface area (Å²) in [4.78, 5) is 12.0. The molecule has 4 nitrogen and oxygen atoms in total. The summed E-state index contributed by atoms with van der Waals surface area (Å²) in [6.45, 7) is 3.74. The Morgan fingerprint density at radius 1 is 1.59 bits per heavy atom. The van der Waals surface area contributed by atoms with E-state index in [9.17, 15) is 4.79 Å². The highest BCUT2D eigenvalue weighted by atomic mass is 79.9. The Balaban J connectivity index is 2.07. The van der Waals surface area contributed by atoms with E-state index >= 15 is 0 Å². The monoisotopic (exact) mass is 299 g/mol. The first-order valence-corrected chi connectivity index (χ1v) is 7.01. The fourth-order valence-corrected chi connectivity index (χ4v) is 2.08. The molecular formula is C12H18BrN3O. The molecule has 0 amide bonds. The number of rotatable bonds is 6. The van der Waals surface area contributed by atoms with E-state index in [1.807, 2.05) is 0 Å². The van der Waals surface area contributed by atoms with Gasteiger partial charge >= 0.3 is 0 Å². The molecule has 94 valence electrons. The summed E-state index contributed by atoms with van der Waals surface area (Å²) in [5.74, 6) is 0.782. The molecule has 0 aliphatic heterocycles. The molecule has 1 N–H and O–H groups in total. The van der Waals surface area contributed by atoms with Crippen molar-refractivity contribution in [2.75, 3.05) is 11.9 Å². The average Bonchev–Trinajstić information content (AvgIpc) is 3.14. The fourth-order valence-electron chi connectivity index (χ4n) is 1.63. The second-order valence-corrected chi connectivity index (χ2v) is 5.37. The van der Waals surface area contributed by atoms with E-state index in [2.05, 4.69) is 33.3 Å². The summed E-state index contributed by atoms with van der Waals surface area (Å²) < 4.78 is 2.12. The average molecular weight is 300 g/mol. The van der Waals surface area contributed by atoms with Crippen LogP contribution in [0.15, 0.2) is 15.5 Å². The lowest BCUT2D eigenvalue weighted by Gasteiger charge is -2.09. The zero-order valence-corrected chi connectivity index (χ0v) is 11.7. The van der Waals surface area contributed by atoms with E-state index in [4.69, 9.17) is 0 Å². The Morgan fingerprint density at radius 3 is 3.00 bits per heavy atom. The van der Waals surface area contributed by atoms with Crippen molar-refractivity contribution in [1.82, 2.24) is 9.78 Å². The molecule has 2 rings (SSSR count). The van der Waals surface area contributed by atoms with Crippen LogP contribution in [0.5, 0.6) is 0 Å². The zero-order valence-electron chi connectivity index (χ0n) is 10.1. The van der Waals surface area contributed by atoms with Gasteiger partial charge in [0.15, 0.2) is 0 Å². The molecule has 0 bridgehead atoms. The number of unbranched alkanes of at least 4 members (excludes halogenated alkanes) is 1. The van der Waals surface area contributed by atoms with Gasteiger partial charge in [0.25, 0.3) is 5.56 Å². The van der Waals surface area contributed by atoms with Gasteiger partial charge in [-0.25, -0.2) is 4.68 Å². The Labute approximate surface area is 110 Å². The van der Waals surface area contributed by atoms with Gasteiger partial charge in [-0.3, -0.25) is 4.79 Å². The Bertz CT molecular complexity index is 440. The molecule has 1 heterocycles. The largest absolute Gasteiger partial charge is 0.382 e. The van der Waals surface area contributed by atoms with Crippen molar-refractivity contribution >= 4 is 21.6 Å².